The van der Waals surface area contributed by atoms with Crippen molar-refractivity contribution in [1.29, 1.82) is 0 Å². The molecule has 1 fully saturated rings. The van der Waals surface area contributed by atoms with Gasteiger partial charge in [0.15, 0.2) is 5.16 Å². The van der Waals surface area contributed by atoms with Gasteiger partial charge >= 0.3 is 0 Å². The van der Waals surface area contributed by atoms with Gasteiger partial charge in [0.05, 0.1) is 5.75 Å². The number of nitrogens with one attached hydrogen (secondary N) is 2. The van der Waals surface area contributed by atoms with Crippen LogP contribution in [0.1, 0.15) is 31.2 Å². The number of rotatable bonds is 6. The number of aromatic nitrogens is 3. The highest BCUT2D eigenvalue weighted by Crippen LogP contribution is 2.27. The number of H-pyrrole nitrogens is 1. The number of benzene rings is 1. The molecule has 5 nitrogen and oxygen atoms in total. The fourth-order valence-corrected chi connectivity index (χ4v) is 3.80. The van der Waals surface area contributed by atoms with Crippen molar-refractivity contribution in [2.45, 2.75) is 43.3 Å². The second kappa shape index (κ2) is 8.15. The molecule has 0 radical (unpaired) electrons. The topological polar surface area (TPSA) is 70.7 Å². The van der Waals surface area contributed by atoms with Crippen molar-refractivity contribution < 1.29 is 4.79 Å². The van der Waals surface area contributed by atoms with Gasteiger partial charge in [-0.1, -0.05) is 54.9 Å². The van der Waals surface area contributed by atoms with Crippen molar-refractivity contribution in [3.63, 3.8) is 0 Å². The van der Waals surface area contributed by atoms with Crippen LogP contribution in [0.2, 0.25) is 0 Å². The molecule has 1 saturated carbocycles. The lowest BCUT2D eigenvalue weighted by Gasteiger charge is -2.32. The molecule has 1 heterocycles. The second-order valence-corrected chi connectivity index (χ2v) is 6.95. The Labute approximate surface area is 140 Å². The van der Waals surface area contributed by atoms with Gasteiger partial charge in [-0.3, -0.25) is 9.89 Å². The van der Waals surface area contributed by atoms with Crippen LogP contribution in [-0.4, -0.2) is 32.9 Å². The Morgan fingerprint density at radius 2 is 2.09 bits per heavy atom. The Hall–Kier alpha value is -1.82. The number of nitrogens with zero attached hydrogens (tertiary/aromatic N) is 2. The molecule has 0 aliphatic heterocycles. The summed E-state index contributed by atoms with van der Waals surface area (Å²) < 4.78 is 0. The molecule has 122 valence electrons. The summed E-state index contributed by atoms with van der Waals surface area (Å²) in [5.74, 6) is 0.991. The van der Waals surface area contributed by atoms with E-state index in [0.29, 0.717) is 16.8 Å². The molecular weight excluding hydrogens is 308 g/mol. The summed E-state index contributed by atoms with van der Waals surface area (Å²) in [6, 6.07) is 10.8. The molecule has 1 amide bonds. The van der Waals surface area contributed by atoms with E-state index >= 15 is 0 Å². The summed E-state index contributed by atoms with van der Waals surface area (Å²) in [6.45, 7) is 0. The molecule has 3 rings (SSSR count). The molecule has 1 aliphatic carbocycles. The normalized spacial score (nSPS) is 21.0. The minimum atomic E-state index is 0.0800. The van der Waals surface area contributed by atoms with E-state index in [-0.39, 0.29) is 11.9 Å². The van der Waals surface area contributed by atoms with E-state index in [9.17, 15) is 4.79 Å². The van der Waals surface area contributed by atoms with Gasteiger partial charge in [0.2, 0.25) is 5.91 Å². The highest BCUT2D eigenvalue weighted by molar-refractivity contribution is 7.99. The van der Waals surface area contributed by atoms with Crippen LogP contribution in [0.4, 0.5) is 0 Å². The van der Waals surface area contributed by atoms with Gasteiger partial charge in [-0.2, -0.15) is 5.10 Å². The van der Waals surface area contributed by atoms with Crippen LogP contribution in [0.3, 0.4) is 0 Å². The summed E-state index contributed by atoms with van der Waals surface area (Å²) in [4.78, 5) is 16.2. The van der Waals surface area contributed by atoms with E-state index in [1.165, 1.54) is 42.9 Å². The number of hydrogen-bond donors (Lipinski definition) is 2. The maximum atomic E-state index is 12.2. The minimum absolute atomic E-state index is 0.0800. The van der Waals surface area contributed by atoms with Crippen molar-refractivity contribution >= 4 is 17.7 Å². The molecule has 1 aliphatic rings. The zero-order valence-corrected chi connectivity index (χ0v) is 13.9. The molecule has 0 saturated heterocycles. The quantitative estimate of drug-likeness (QED) is 0.799. The third kappa shape index (κ3) is 4.82. The fourth-order valence-electron chi connectivity index (χ4n) is 3.21. The highest BCUT2D eigenvalue weighted by Gasteiger charge is 2.26. The Kier molecular flexibility index (Phi) is 5.69. The van der Waals surface area contributed by atoms with Gasteiger partial charge in [0, 0.05) is 6.04 Å². The van der Waals surface area contributed by atoms with Crippen LogP contribution in [0.15, 0.2) is 41.8 Å². The molecule has 2 N–H and O–H groups in total. The van der Waals surface area contributed by atoms with Crippen molar-refractivity contribution in [3.05, 3.63) is 42.2 Å². The lowest BCUT2D eigenvalue weighted by Crippen LogP contribution is -2.43. The van der Waals surface area contributed by atoms with Crippen LogP contribution in [0.5, 0.6) is 0 Å². The molecular formula is C17H22N4OS. The Morgan fingerprint density at radius 3 is 2.87 bits per heavy atom. The van der Waals surface area contributed by atoms with Crippen LogP contribution in [0, 0.1) is 5.92 Å². The van der Waals surface area contributed by atoms with Crippen LogP contribution < -0.4 is 5.32 Å². The molecule has 0 unspecified atom stereocenters. The number of hydrogen-bond acceptors (Lipinski definition) is 4. The van der Waals surface area contributed by atoms with Crippen LogP contribution >= 0.6 is 11.8 Å². The van der Waals surface area contributed by atoms with Crippen molar-refractivity contribution in [1.82, 2.24) is 20.5 Å². The van der Waals surface area contributed by atoms with Gasteiger partial charge in [-0.05, 0) is 30.7 Å². The first-order valence-corrected chi connectivity index (χ1v) is 9.11. The maximum Gasteiger partial charge on any atom is 0.230 e. The molecule has 0 bridgehead atoms. The van der Waals surface area contributed by atoms with Crippen LogP contribution in [0.25, 0.3) is 0 Å². The van der Waals surface area contributed by atoms with Crippen molar-refractivity contribution in [2.24, 2.45) is 5.92 Å². The molecule has 1 aromatic carbocycles. The second-order valence-electron chi connectivity index (χ2n) is 5.99. The average molecular weight is 330 g/mol. The lowest BCUT2D eigenvalue weighted by molar-refractivity contribution is -0.119. The summed E-state index contributed by atoms with van der Waals surface area (Å²) in [5.41, 5.74) is 1.36. The molecule has 1 aromatic heterocycles. The Balaban J connectivity index is 1.52. The molecule has 6 heteroatoms. The molecule has 23 heavy (non-hydrogen) atoms. The predicted molar refractivity (Wildman–Crippen MR) is 91.1 cm³/mol. The van der Waals surface area contributed by atoms with Crippen molar-refractivity contribution in [2.75, 3.05) is 5.75 Å². The Bertz CT molecular complexity index is 602. The molecule has 0 spiro atoms. The molecule has 2 aromatic rings. The van der Waals surface area contributed by atoms with Gasteiger partial charge in [-0.25, -0.2) is 4.98 Å². The van der Waals surface area contributed by atoms with E-state index in [0.717, 1.165) is 12.8 Å². The van der Waals surface area contributed by atoms with Gasteiger partial charge in [0.25, 0.3) is 0 Å². The molecule has 2 atom stereocenters. The highest BCUT2D eigenvalue weighted by atomic mass is 32.2. The van der Waals surface area contributed by atoms with E-state index in [2.05, 4.69) is 44.8 Å². The summed E-state index contributed by atoms with van der Waals surface area (Å²) in [5, 5.41) is 10.5. The van der Waals surface area contributed by atoms with Crippen molar-refractivity contribution in [3.8, 4) is 0 Å². The van der Waals surface area contributed by atoms with Crippen LogP contribution in [-0.2, 0) is 11.2 Å². The number of amides is 1. The first kappa shape index (κ1) is 16.1. The first-order chi connectivity index (χ1) is 11.3. The first-order valence-electron chi connectivity index (χ1n) is 8.13. The number of carbonyl (C=O) groups excluding carboxylic acids is 1. The van der Waals surface area contributed by atoms with E-state index < -0.39 is 0 Å². The fraction of sp³-hybridized carbons (Fsp3) is 0.471. The summed E-state index contributed by atoms with van der Waals surface area (Å²) >= 11 is 1.39. The number of thioether (sulfide) groups is 1. The zero-order chi connectivity index (χ0) is 15.9. The number of aromatic amines is 1. The smallest absolute Gasteiger partial charge is 0.230 e. The Morgan fingerprint density at radius 1 is 1.26 bits per heavy atom. The monoisotopic (exact) mass is 330 g/mol. The van der Waals surface area contributed by atoms with Gasteiger partial charge < -0.3 is 5.32 Å². The van der Waals surface area contributed by atoms with Gasteiger partial charge in [0.1, 0.15) is 6.33 Å². The SMILES string of the molecule is O=C(CSc1ncn[nH]1)N[C@@H]1CCCC[C@H]1Cc1ccccc1. The van der Waals surface area contributed by atoms with E-state index in [1.807, 2.05) is 6.07 Å². The predicted octanol–water partition coefficient (Wildman–Crippen LogP) is 2.81. The van der Waals surface area contributed by atoms with Gasteiger partial charge in [-0.15, -0.1) is 0 Å². The summed E-state index contributed by atoms with van der Waals surface area (Å²) in [7, 11) is 0. The standard InChI is InChI=1S/C17H22N4OS/c22-16(11-23-17-18-12-19-21-17)20-15-9-5-4-8-14(15)10-13-6-2-1-3-7-13/h1-3,6-7,12,14-15H,4-5,8-11H2,(H,20,22)(H,18,19,21)/t14-,15+/m0/s1. The summed E-state index contributed by atoms with van der Waals surface area (Å²) in [6.07, 6.45) is 7.23. The van der Waals surface area contributed by atoms with E-state index in [1.54, 1.807) is 0 Å². The van der Waals surface area contributed by atoms with E-state index in [4.69, 9.17) is 0 Å². The largest absolute Gasteiger partial charge is 0.352 e. The average Bonchev–Trinajstić information content (AvgIpc) is 3.09. The third-order valence-corrected chi connectivity index (χ3v) is 5.21. The lowest BCUT2D eigenvalue weighted by atomic mass is 9.80. The minimum Gasteiger partial charge on any atom is -0.352 e. The zero-order valence-electron chi connectivity index (χ0n) is 13.1. The maximum absolute atomic E-state index is 12.2. The number of carbonyl (C=O) groups is 1. The third-order valence-electron chi connectivity index (χ3n) is 4.33.